The van der Waals surface area contributed by atoms with Crippen molar-refractivity contribution in [2.75, 3.05) is 26.2 Å². The van der Waals surface area contributed by atoms with Crippen molar-refractivity contribution < 1.29 is 31.2 Å². The average molecular weight is 450 g/mol. The summed E-state index contributed by atoms with van der Waals surface area (Å²) in [6.07, 6.45) is 0.0564. The van der Waals surface area contributed by atoms with Crippen LogP contribution in [-0.4, -0.2) is 72.4 Å². The van der Waals surface area contributed by atoms with Crippen LogP contribution >= 0.6 is 0 Å². The van der Waals surface area contributed by atoms with Crippen LogP contribution in [0.4, 0.5) is 13.2 Å². The van der Waals surface area contributed by atoms with Crippen LogP contribution < -0.4 is 5.32 Å². The van der Waals surface area contributed by atoms with Crippen molar-refractivity contribution in [3.63, 3.8) is 0 Å². The molecule has 30 heavy (non-hydrogen) atoms. The Morgan fingerprint density at radius 1 is 1.13 bits per heavy atom. The van der Waals surface area contributed by atoms with Gasteiger partial charge in [-0.1, -0.05) is 6.42 Å². The van der Waals surface area contributed by atoms with Crippen molar-refractivity contribution in [1.29, 1.82) is 0 Å². The minimum atomic E-state index is -4.54. The second kappa shape index (κ2) is 8.58. The summed E-state index contributed by atoms with van der Waals surface area (Å²) in [7, 11) is -2.21. The van der Waals surface area contributed by atoms with E-state index in [1.807, 2.05) is 5.32 Å². The van der Waals surface area contributed by atoms with E-state index < -0.39 is 40.6 Å². The Hall–Kier alpha value is -2.08. The molecule has 1 aromatic rings. The fraction of sp³-hybridized carbons (Fsp3) is 0.667. The predicted molar refractivity (Wildman–Crippen MR) is 101 cm³/mol. The van der Waals surface area contributed by atoms with E-state index in [1.165, 1.54) is 33.1 Å². The Morgan fingerprint density at radius 2 is 1.80 bits per heavy atom. The van der Waals surface area contributed by atoms with Gasteiger partial charge >= 0.3 is 6.18 Å². The zero-order valence-electron chi connectivity index (χ0n) is 16.6. The summed E-state index contributed by atoms with van der Waals surface area (Å²) in [5, 5.41) is 1.82. The first kappa shape index (κ1) is 22.6. The zero-order valence-corrected chi connectivity index (χ0v) is 17.4. The Bertz CT molecular complexity index is 907. The van der Waals surface area contributed by atoms with E-state index in [-0.39, 0.29) is 23.6 Å². The lowest BCUT2D eigenvalue weighted by molar-refractivity contribution is -0.140. The molecule has 1 atom stereocenters. The van der Waals surface area contributed by atoms with Crippen LogP contribution in [0.3, 0.4) is 0 Å². The van der Waals surface area contributed by atoms with Gasteiger partial charge in [-0.25, -0.2) is 8.42 Å². The third-order valence-electron chi connectivity index (χ3n) is 5.43. The maximum Gasteiger partial charge on any atom is 0.405 e. The molecule has 2 aliphatic rings. The molecule has 1 aromatic heterocycles. The minimum absolute atomic E-state index is 0.00693. The predicted octanol–water partition coefficient (Wildman–Crippen LogP) is 1.48. The van der Waals surface area contributed by atoms with Gasteiger partial charge in [0.05, 0.1) is 0 Å². The number of sulfonamides is 1. The smallest absolute Gasteiger partial charge is 0.345 e. The number of hydrogen-bond acceptors (Lipinski definition) is 4. The topological polar surface area (TPSA) is 91.7 Å². The third kappa shape index (κ3) is 4.80. The van der Waals surface area contributed by atoms with E-state index in [0.717, 1.165) is 19.3 Å². The van der Waals surface area contributed by atoms with E-state index in [1.54, 1.807) is 0 Å². The second-order valence-electron chi connectivity index (χ2n) is 7.63. The monoisotopic (exact) mass is 450 g/mol. The second-order valence-corrected chi connectivity index (χ2v) is 9.56. The number of nitrogens with zero attached hydrogens (tertiary/aromatic N) is 3. The molecule has 0 aliphatic carbocycles. The lowest BCUT2D eigenvalue weighted by Crippen LogP contribution is -2.48. The minimum Gasteiger partial charge on any atom is -0.345 e. The number of carbonyl (C=O) groups is 2. The van der Waals surface area contributed by atoms with Gasteiger partial charge in [-0.15, -0.1) is 0 Å². The van der Waals surface area contributed by atoms with Crippen LogP contribution in [-0.2, 0) is 21.9 Å². The van der Waals surface area contributed by atoms with Crippen molar-refractivity contribution in [1.82, 2.24) is 19.1 Å². The van der Waals surface area contributed by atoms with Crippen LogP contribution in [0.1, 0.15) is 42.6 Å². The molecule has 3 rings (SSSR count). The number of nitrogens with one attached hydrogen (secondary N) is 1. The molecule has 0 radical (unpaired) electrons. The first-order valence-electron chi connectivity index (χ1n) is 9.82. The molecule has 2 saturated heterocycles. The normalized spacial score (nSPS) is 21.1. The lowest BCUT2D eigenvalue weighted by Gasteiger charge is -2.25. The number of carbonyl (C=O) groups excluding carboxylic acids is 2. The van der Waals surface area contributed by atoms with Crippen molar-refractivity contribution in [2.45, 2.75) is 49.2 Å². The van der Waals surface area contributed by atoms with Crippen LogP contribution in [0.2, 0.25) is 0 Å². The number of aryl methyl sites for hydroxylation is 1. The Balaban J connectivity index is 1.77. The van der Waals surface area contributed by atoms with Crippen LogP contribution in [0.25, 0.3) is 0 Å². The van der Waals surface area contributed by atoms with E-state index in [9.17, 15) is 31.2 Å². The third-order valence-corrected chi connectivity index (χ3v) is 7.30. The van der Waals surface area contributed by atoms with Crippen LogP contribution in [0.5, 0.6) is 0 Å². The van der Waals surface area contributed by atoms with Gasteiger partial charge in [-0.05, 0) is 31.7 Å². The standard InChI is InChI=1S/C18H25F3N4O4S/c1-23-11-13(30(28,29)24-7-3-2-4-8-24)10-15(23)17(27)25-9-5-6-14(25)16(26)22-12-18(19,20)21/h10-11,14H,2-9,12H2,1H3,(H,22,26). The summed E-state index contributed by atoms with van der Waals surface area (Å²) in [6.45, 7) is -0.406. The van der Waals surface area contributed by atoms with Gasteiger partial charge in [0.25, 0.3) is 5.91 Å². The lowest BCUT2D eigenvalue weighted by atomic mass is 10.2. The molecular formula is C18H25F3N4O4S. The first-order chi connectivity index (χ1) is 14.0. The molecule has 0 spiro atoms. The van der Waals surface area contributed by atoms with E-state index in [4.69, 9.17) is 0 Å². The van der Waals surface area contributed by atoms with E-state index >= 15 is 0 Å². The van der Waals surface area contributed by atoms with Gasteiger partial charge in [0.2, 0.25) is 15.9 Å². The largest absolute Gasteiger partial charge is 0.405 e. The molecule has 0 aromatic carbocycles. The molecule has 2 fully saturated rings. The summed E-state index contributed by atoms with van der Waals surface area (Å²) in [4.78, 5) is 26.4. The number of amides is 2. The fourth-order valence-electron chi connectivity index (χ4n) is 3.88. The molecule has 3 heterocycles. The average Bonchev–Trinajstić information content (AvgIpc) is 3.33. The van der Waals surface area contributed by atoms with Crippen molar-refractivity contribution >= 4 is 21.8 Å². The van der Waals surface area contributed by atoms with Crippen LogP contribution in [0, 0.1) is 0 Å². The molecular weight excluding hydrogens is 425 g/mol. The summed E-state index contributed by atoms with van der Waals surface area (Å²) < 4.78 is 65.7. The van der Waals surface area contributed by atoms with Gasteiger partial charge in [-0.2, -0.15) is 17.5 Å². The molecule has 168 valence electrons. The number of alkyl halides is 3. The van der Waals surface area contributed by atoms with Crippen molar-refractivity contribution in [3.05, 3.63) is 18.0 Å². The van der Waals surface area contributed by atoms with Gasteiger partial charge < -0.3 is 14.8 Å². The highest BCUT2D eigenvalue weighted by molar-refractivity contribution is 7.89. The number of likely N-dealkylation sites (tertiary alicyclic amines) is 1. The van der Waals surface area contributed by atoms with Crippen LogP contribution in [0.15, 0.2) is 17.2 Å². The molecule has 0 saturated carbocycles. The zero-order chi connectivity index (χ0) is 22.1. The summed E-state index contributed by atoms with van der Waals surface area (Å²) in [5.41, 5.74) is 0.0705. The summed E-state index contributed by atoms with van der Waals surface area (Å²) >= 11 is 0. The number of halogens is 3. The Morgan fingerprint density at radius 3 is 2.43 bits per heavy atom. The van der Waals surface area contributed by atoms with Gasteiger partial charge in [-0.3, -0.25) is 9.59 Å². The quantitative estimate of drug-likeness (QED) is 0.736. The molecule has 12 heteroatoms. The summed E-state index contributed by atoms with van der Waals surface area (Å²) in [5.74, 6) is -1.45. The highest BCUT2D eigenvalue weighted by Crippen LogP contribution is 2.25. The maximum atomic E-state index is 13.0. The SMILES string of the molecule is Cn1cc(S(=O)(=O)N2CCCCC2)cc1C(=O)N1CCCC1C(=O)NCC(F)(F)F. The molecule has 1 N–H and O–H groups in total. The van der Waals surface area contributed by atoms with Gasteiger partial charge in [0, 0.05) is 32.9 Å². The molecule has 2 amide bonds. The Kier molecular flexibility index (Phi) is 6.46. The summed E-state index contributed by atoms with van der Waals surface area (Å²) in [6, 6.07) is 0.256. The van der Waals surface area contributed by atoms with E-state index in [2.05, 4.69) is 0 Å². The number of piperidine rings is 1. The fourth-order valence-corrected chi connectivity index (χ4v) is 5.47. The molecule has 0 bridgehead atoms. The highest BCUT2D eigenvalue weighted by Gasteiger charge is 2.38. The Labute approximate surface area is 173 Å². The number of rotatable bonds is 5. The van der Waals surface area contributed by atoms with Crippen molar-refractivity contribution in [2.24, 2.45) is 7.05 Å². The number of aromatic nitrogens is 1. The number of hydrogen-bond donors (Lipinski definition) is 1. The van der Waals surface area contributed by atoms with Gasteiger partial charge in [0.15, 0.2) is 0 Å². The highest BCUT2D eigenvalue weighted by atomic mass is 32.2. The van der Waals surface area contributed by atoms with E-state index in [0.29, 0.717) is 19.5 Å². The molecule has 1 unspecified atom stereocenters. The van der Waals surface area contributed by atoms with Gasteiger partial charge in [0.1, 0.15) is 23.2 Å². The maximum absolute atomic E-state index is 13.0. The first-order valence-corrected chi connectivity index (χ1v) is 11.3. The molecule has 8 nitrogen and oxygen atoms in total. The van der Waals surface area contributed by atoms with Crippen molar-refractivity contribution in [3.8, 4) is 0 Å². The molecule has 2 aliphatic heterocycles.